The van der Waals surface area contributed by atoms with Crippen molar-refractivity contribution in [2.45, 2.75) is 0 Å². The molecule has 84 valence electrons. The average molecular weight is 289 g/mol. The zero-order chi connectivity index (χ0) is 12.3. The largest absolute Gasteiger partial charge is 0.298 e. The molecule has 0 heterocycles. The normalized spacial score (nSPS) is 9.94. The van der Waals surface area contributed by atoms with E-state index in [1.807, 2.05) is 24.3 Å². The van der Waals surface area contributed by atoms with Gasteiger partial charge in [0.25, 0.3) is 0 Å². The SMILES string of the molecule is O=Cc1cccc(C=O)c1-c1cccc(Br)c1. The van der Waals surface area contributed by atoms with Gasteiger partial charge in [0.1, 0.15) is 0 Å². The fourth-order valence-electron chi connectivity index (χ4n) is 1.76. The predicted molar refractivity (Wildman–Crippen MR) is 70.4 cm³/mol. The third-order valence-corrected chi connectivity index (χ3v) is 2.99. The van der Waals surface area contributed by atoms with Crippen molar-refractivity contribution in [3.05, 3.63) is 58.1 Å². The second kappa shape index (κ2) is 5.06. The Balaban J connectivity index is 2.72. The smallest absolute Gasteiger partial charge is 0.150 e. The highest BCUT2D eigenvalue weighted by Gasteiger charge is 2.09. The Bertz CT molecular complexity index is 550. The molecule has 17 heavy (non-hydrogen) atoms. The molecule has 0 saturated carbocycles. The Labute approximate surface area is 107 Å². The summed E-state index contributed by atoms with van der Waals surface area (Å²) in [5.41, 5.74) is 2.57. The van der Waals surface area contributed by atoms with Crippen molar-refractivity contribution in [2.75, 3.05) is 0 Å². The van der Waals surface area contributed by atoms with Crippen molar-refractivity contribution < 1.29 is 9.59 Å². The van der Waals surface area contributed by atoms with Gasteiger partial charge < -0.3 is 0 Å². The maximum absolute atomic E-state index is 11.0. The molecule has 2 aromatic carbocycles. The summed E-state index contributed by atoms with van der Waals surface area (Å²) in [5.74, 6) is 0. The lowest BCUT2D eigenvalue weighted by atomic mass is 9.95. The Morgan fingerprint density at radius 2 is 1.47 bits per heavy atom. The van der Waals surface area contributed by atoms with Gasteiger partial charge >= 0.3 is 0 Å². The van der Waals surface area contributed by atoms with E-state index in [1.165, 1.54) is 0 Å². The highest BCUT2D eigenvalue weighted by Crippen LogP contribution is 2.28. The highest BCUT2D eigenvalue weighted by molar-refractivity contribution is 9.10. The summed E-state index contributed by atoms with van der Waals surface area (Å²) in [7, 11) is 0. The summed E-state index contributed by atoms with van der Waals surface area (Å²) in [6.07, 6.45) is 1.53. The van der Waals surface area contributed by atoms with Crippen molar-refractivity contribution >= 4 is 28.5 Å². The van der Waals surface area contributed by atoms with Crippen LogP contribution in [0.3, 0.4) is 0 Å². The molecule has 0 saturated heterocycles. The van der Waals surface area contributed by atoms with Crippen LogP contribution in [0.4, 0.5) is 0 Å². The van der Waals surface area contributed by atoms with E-state index < -0.39 is 0 Å². The van der Waals surface area contributed by atoms with Crippen LogP contribution in [-0.2, 0) is 0 Å². The first-order valence-corrected chi connectivity index (χ1v) is 5.85. The van der Waals surface area contributed by atoms with E-state index >= 15 is 0 Å². The minimum atomic E-state index is 0.521. The van der Waals surface area contributed by atoms with Crippen LogP contribution in [0.15, 0.2) is 46.9 Å². The molecule has 0 spiro atoms. The monoisotopic (exact) mass is 288 g/mol. The standard InChI is InChI=1S/C14H9BrO2/c15-13-6-2-3-10(7-13)14-11(8-16)4-1-5-12(14)9-17/h1-9H. The van der Waals surface area contributed by atoms with E-state index in [0.29, 0.717) is 16.7 Å². The molecule has 0 amide bonds. The molecule has 3 heteroatoms. The molecule has 0 aliphatic rings. The van der Waals surface area contributed by atoms with Gasteiger partial charge in [0.15, 0.2) is 12.6 Å². The van der Waals surface area contributed by atoms with Crippen LogP contribution in [0.25, 0.3) is 11.1 Å². The molecule has 2 rings (SSSR count). The zero-order valence-corrected chi connectivity index (χ0v) is 10.5. The molecule has 0 radical (unpaired) electrons. The van der Waals surface area contributed by atoms with Crippen molar-refractivity contribution in [3.8, 4) is 11.1 Å². The van der Waals surface area contributed by atoms with Crippen LogP contribution in [-0.4, -0.2) is 12.6 Å². The van der Waals surface area contributed by atoms with Gasteiger partial charge in [-0.3, -0.25) is 9.59 Å². The Morgan fingerprint density at radius 1 is 0.882 bits per heavy atom. The van der Waals surface area contributed by atoms with E-state index in [-0.39, 0.29) is 0 Å². The fourth-order valence-corrected chi connectivity index (χ4v) is 2.16. The topological polar surface area (TPSA) is 34.1 Å². The van der Waals surface area contributed by atoms with Crippen LogP contribution < -0.4 is 0 Å². The van der Waals surface area contributed by atoms with Crippen molar-refractivity contribution in [1.82, 2.24) is 0 Å². The minimum absolute atomic E-state index is 0.521. The number of rotatable bonds is 3. The number of hydrogen-bond donors (Lipinski definition) is 0. The van der Waals surface area contributed by atoms with Gasteiger partial charge in [0.05, 0.1) is 0 Å². The quantitative estimate of drug-likeness (QED) is 0.807. The summed E-state index contributed by atoms with van der Waals surface area (Å²) in [4.78, 5) is 22.1. The van der Waals surface area contributed by atoms with Gasteiger partial charge in [-0.2, -0.15) is 0 Å². The molecule has 0 fully saturated rings. The summed E-state index contributed by atoms with van der Waals surface area (Å²) in [6.45, 7) is 0. The Morgan fingerprint density at radius 3 is 2.00 bits per heavy atom. The second-order valence-electron chi connectivity index (χ2n) is 3.56. The lowest BCUT2D eigenvalue weighted by Crippen LogP contribution is -1.93. The molecule has 0 unspecified atom stereocenters. The summed E-state index contributed by atoms with van der Waals surface area (Å²) in [6, 6.07) is 12.6. The van der Waals surface area contributed by atoms with Gasteiger partial charge in [-0.05, 0) is 17.7 Å². The van der Waals surface area contributed by atoms with E-state index in [2.05, 4.69) is 15.9 Å². The van der Waals surface area contributed by atoms with Crippen molar-refractivity contribution in [1.29, 1.82) is 0 Å². The van der Waals surface area contributed by atoms with E-state index in [4.69, 9.17) is 0 Å². The van der Waals surface area contributed by atoms with Gasteiger partial charge in [0, 0.05) is 21.2 Å². The van der Waals surface area contributed by atoms with Crippen LogP contribution in [0.2, 0.25) is 0 Å². The van der Waals surface area contributed by atoms with Crippen LogP contribution in [0.1, 0.15) is 20.7 Å². The highest BCUT2D eigenvalue weighted by atomic mass is 79.9. The number of benzene rings is 2. The van der Waals surface area contributed by atoms with Crippen molar-refractivity contribution in [2.24, 2.45) is 0 Å². The lowest BCUT2D eigenvalue weighted by molar-refractivity contribution is 0.112. The number of hydrogen-bond acceptors (Lipinski definition) is 2. The summed E-state index contributed by atoms with van der Waals surface area (Å²) < 4.78 is 0.910. The maximum Gasteiger partial charge on any atom is 0.150 e. The second-order valence-corrected chi connectivity index (χ2v) is 4.47. The molecule has 0 aliphatic heterocycles. The number of carbonyl (C=O) groups excluding carboxylic acids is 2. The average Bonchev–Trinajstić information content (AvgIpc) is 2.37. The van der Waals surface area contributed by atoms with Gasteiger partial charge in [-0.15, -0.1) is 0 Å². The summed E-state index contributed by atoms with van der Waals surface area (Å²) in [5, 5.41) is 0. The van der Waals surface area contributed by atoms with Gasteiger partial charge in [0.2, 0.25) is 0 Å². The molecule has 0 N–H and O–H groups in total. The Hall–Kier alpha value is -1.74. The van der Waals surface area contributed by atoms with E-state index in [0.717, 1.165) is 22.6 Å². The Kier molecular flexibility index (Phi) is 3.49. The fraction of sp³-hybridized carbons (Fsp3) is 0. The molecular formula is C14H9BrO2. The van der Waals surface area contributed by atoms with Crippen LogP contribution in [0.5, 0.6) is 0 Å². The maximum atomic E-state index is 11.0. The molecule has 0 atom stereocenters. The predicted octanol–water partition coefficient (Wildman–Crippen LogP) is 3.74. The van der Waals surface area contributed by atoms with Crippen molar-refractivity contribution in [3.63, 3.8) is 0 Å². The molecule has 0 aliphatic carbocycles. The first-order chi connectivity index (χ1) is 8.26. The molecular weight excluding hydrogens is 280 g/mol. The third kappa shape index (κ3) is 2.34. The molecule has 0 aromatic heterocycles. The van der Waals surface area contributed by atoms with E-state index in [9.17, 15) is 9.59 Å². The van der Waals surface area contributed by atoms with E-state index in [1.54, 1.807) is 18.2 Å². The number of aldehydes is 2. The van der Waals surface area contributed by atoms with Gasteiger partial charge in [-0.25, -0.2) is 0 Å². The molecule has 2 nitrogen and oxygen atoms in total. The summed E-state index contributed by atoms with van der Waals surface area (Å²) >= 11 is 3.38. The lowest BCUT2D eigenvalue weighted by Gasteiger charge is -2.08. The third-order valence-electron chi connectivity index (χ3n) is 2.50. The molecule has 0 bridgehead atoms. The number of halogens is 1. The minimum Gasteiger partial charge on any atom is -0.298 e. The van der Waals surface area contributed by atoms with Gasteiger partial charge in [-0.1, -0.05) is 46.3 Å². The number of carbonyl (C=O) groups is 2. The molecule has 2 aromatic rings. The van der Waals surface area contributed by atoms with Crippen LogP contribution in [0, 0.1) is 0 Å². The van der Waals surface area contributed by atoms with Crippen LogP contribution >= 0.6 is 15.9 Å². The zero-order valence-electron chi connectivity index (χ0n) is 8.89. The first kappa shape index (κ1) is 11.7. The first-order valence-electron chi connectivity index (χ1n) is 5.05.